The standard InChI is InChI=1S/C20H26Cl2N4O3S/c1-14-11-15(2)26(24-14)10-6-7-23-20(27)16-12-19(18(22)13-17(16)21)30(28,29)25-8-4-3-5-9-25/h11-13H,3-10H2,1-2H3,(H,23,27). The Balaban J connectivity index is 1.69. The first-order valence-corrected chi connectivity index (χ1v) is 12.2. The van der Waals surface area contributed by atoms with Crippen LogP contribution in [0.2, 0.25) is 10.0 Å². The predicted octanol–water partition coefficient (Wildman–Crippen LogP) is 3.80. The van der Waals surface area contributed by atoms with Crippen LogP contribution in [0, 0.1) is 13.8 Å². The van der Waals surface area contributed by atoms with Crippen LogP contribution in [0.3, 0.4) is 0 Å². The third kappa shape index (κ3) is 5.17. The van der Waals surface area contributed by atoms with Crippen LogP contribution in [0.5, 0.6) is 0 Å². The van der Waals surface area contributed by atoms with Crippen molar-refractivity contribution >= 4 is 39.1 Å². The molecule has 1 N–H and O–H groups in total. The maximum atomic E-state index is 13.0. The summed E-state index contributed by atoms with van der Waals surface area (Å²) in [7, 11) is -3.78. The molecule has 0 spiro atoms. The summed E-state index contributed by atoms with van der Waals surface area (Å²) in [5, 5.41) is 7.33. The van der Waals surface area contributed by atoms with Gasteiger partial charge in [-0.2, -0.15) is 9.40 Å². The molecule has 2 aromatic rings. The van der Waals surface area contributed by atoms with Crippen LogP contribution in [-0.2, 0) is 16.6 Å². The van der Waals surface area contributed by atoms with E-state index in [9.17, 15) is 13.2 Å². The molecule has 1 aromatic carbocycles. The summed E-state index contributed by atoms with van der Waals surface area (Å²) < 4.78 is 29.3. The van der Waals surface area contributed by atoms with Gasteiger partial charge in [-0.3, -0.25) is 9.48 Å². The molecule has 0 aliphatic carbocycles. The van der Waals surface area contributed by atoms with Crippen LogP contribution in [0.15, 0.2) is 23.1 Å². The molecule has 10 heteroatoms. The van der Waals surface area contributed by atoms with Gasteiger partial charge in [-0.1, -0.05) is 29.6 Å². The smallest absolute Gasteiger partial charge is 0.252 e. The molecule has 3 rings (SSSR count). The first-order valence-electron chi connectivity index (χ1n) is 9.98. The molecule has 0 saturated carbocycles. The SMILES string of the molecule is Cc1cc(C)n(CCCNC(=O)c2cc(S(=O)(=O)N3CCCCC3)c(Cl)cc2Cl)n1. The molecule has 2 heterocycles. The fourth-order valence-electron chi connectivity index (χ4n) is 3.57. The van der Waals surface area contributed by atoms with Crippen molar-refractivity contribution in [1.29, 1.82) is 0 Å². The summed E-state index contributed by atoms with van der Waals surface area (Å²) in [6.45, 7) is 5.90. The van der Waals surface area contributed by atoms with E-state index in [0.717, 1.165) is 30.7 Å². The van der Waals surface area contributed by atoms with E-state index in [2.05, 4.69) is 10.4 Å². The Morgan fingerprint density at radius 2 is 1.80 bits per heavy atom. The molecular formula is C20H26Cl2N4O3S. The van der Waals surface area contributed by atoms with Gasteiger partial charge in [0.25, 0.3) is 5.91 Å². The Hall–Kier alpha value is -1.61. The molecule has 1 aliphatic heterocycles. The quantitative estimate of drug-likeness (QED) is 0.620. The number of benzene rings is 1. The van der Waals surface area contributed by atoms with Gasteiger partial charge in [-0.25, -0.2) is 8.42 Å². The molecule has 0 bridgehead atoms. The van der Waals surface area contributed by atoms with Crippen molar-refractivity contribution in [2.45, 2.75) is 51.0 Å². The van der Waals surface area contributed by atoms with Gasteiger partial charge in [-0.05, 0) is 51.3 Å². The van der Waals surface area contributed by atoms with Gasteiger partial charge in [0.05, 0.1) is 21.3 Å². The van der Waals surface area contributed by atoms with Crippen molar-refractivity contribution < 1.29 is 13.2 Å². The Kier molecular flexibility index (Phi) is 7.44. The van der Waals surface area contributed by atoms with Gasteiger partial charge in [0, 0.05) is 31.9 Å². The highest BCUT2D eigenvalue weighted by Crippen LogP contribution is 2.31. The minimum absolute atomic E-state index is 0.0200. The molecule has 0 radical (unpaired) electrons. The van der Waals surface area contributed by atoms with Gasteiger partial charge >= 0.3 is 0 Å². The van der Waals surface area contributed by atoms with Crippen molar-refractivity contribution in [3.8, 4) is 0 Å². The molecule has 1 amide bonds. The van der Waals surface area contributed by atoms with Crippen molar-refractivity contribution in [2.24, 2.45) is 0 Å². The lowest BCUT2D eigenvalue weighted by Crippen LogP contribution is -2.36. The van der Waals surface area contributed by atoms with Gasteiger partial charge < -0.3 is 5.32 Å². The predicted molar refractivity (Wildman–Crippen MR) is 118 cm³/mol. The third-order valence-corrected chi connectivity index (χ3v) is 7.81. The van der Waals surface area contributed by atoms with Crippen LogP contribution in [0.1, 0.15) is 47.4 Å². The Bertz CT molecular complexity index is 1030. The maximum Gasteiger partial charge on any atom is 0.252 e. The van der Waals surface area contributed by atoms with E-state index in [0.29, 0.717) is 32.6 Å². The van der Waals surface area contributed by atoms with Crippen molar-refractivity contribution in [3.05, 3.63) is 45.2 Å². The zero-order chi connectivity index (χ0) is 21.9. The number of sulfonamides is 1. The lowest BCUT2D eigenvalue weighted by molar-refractivity contribution is 0.0952. The zero-order valence-corrected chi connectivity index (χ0v) is 19.4. The lowest BCUT2D eigenvalue weighted by Gasteiger charge is -2.26. The molecule has 7 nitrogen and oxygen atoms in total. The number of aromatic nitrogens is 2. The number of hydrogen-bond acceptors (Lipinski definition) is 4. The summed E-state index contributed by atoms with van der Waals surface area (Å²) >= 11 is 12.4. The minimum Gasteiger partial charge on any atom is -0.352 e. The van der Waals surface area contributed by atoms with E-state index in [1.165, 1.54) is 16.4 Å². The van der Waals surface area contributed by atoms with Gasteiger partial charge in [0.2, 0.25) is 10.0 Å². The molecular weight excluding hydrogens is 447 g/mol. The number of aryl methyl sites for hydroxylation is 3. The van der Waals surface area contributed by atoms with Gasteiger partial charge in [-0.15, -0.1) is 0 Å². The molecule has 164 valence electrons. The summed E-state index contributed by atoms with van der Waals surface area (Å²) in [6.07, 6.45) is 3.31. The number of amides is 1. The second-order valence-corrected chi connectivity index (χ2v) is 10.2. The largest absolute Gasteiger partial charge is 0.352 e. The number of nitrogens with zero attached hydrogens (tertiary/aromatic N) is 3. The molecule has 1 aromatic heterocycles. The number of rotatable bonds is 7. The first kappa shape index (κ1) is 23.1. The van der Waals surface area contributed by atoms with Crippen molar-refractivity contribution in [1.82, 2.24) is 19.4 Å². The zero-order valence-electron chi connectivity index (χ0n) is 17.1. The second-order valence-electron chi connectivity index (χ2n) is 7.49. The number of hydrogen-bond donors (Lipinski definition) is 1. The summed E-state index contributed by atoms with van der Waals surface area (Å²) in [5.74, 6) is -0.430. The minimum atomic E-state index is -3.78. The highest BCUT2D eigenvalue weighted by molar-refractivity contribution is 7.89. The lowest BCUT2D eigenvalue weighted by atomic mass is 10.2. The van der Waals surface area contributed by atoms with Crippen LogP contribution < -0.4 is 5.32 Å². The fourth-order valence-corrected chi connectivity index (χ4v) is 5.92. The van der Waals surface area contributed by atoms with Crippen LogP contribution >= 0.6 is 23.2 Å². The normalized spacial score (nSPS) is 15.3. The van der Waals surface area contributed by atoms with E-state index in [1.54, 1.807) is 0 Å². The Morgan fingerprint density at radius 1 is 1.10 bits per heavy atom. The first-order chi connectivity index (χ1) is 14.2. The highest BCUT2D eigenvalue weighted by Gasteiger charge is 2.29. The molecule has 0 atom stereocenters. The van der Waals surface area contributed by atoms with Crippen molar-refractivity contribution in [3.63, 3.8) is 0 Å². The Labute approximate surface area is 187 Å². The summed E-state index contributed by atoms with van der Waals surface area (Å²) in [5.41, 5.74) is 2.11. The Morgan fingerprint density at radius 3 is 2.43 bits per heavy atom. The fraction of sp³-hybridized carbons (Fsp3) is 0.500. The number of carbonyl (C=O) groups excluding carboxylic acids is 1. The topological polar surface area (TPSA) is 84.3 Å². The van der Waals surface area contributed by atoms with E-state index >= 15 is 0 Å². The van der Waals surface area contributed by atoms with E-state index < -0.39 is 15.9 Å². The average molecular weight is 473 g/mol. The van der Waals surface area contributed by atoms with Gasteiger partial charge in [0.15, 0.2) is 0 Å². The monoisotopic (exact) mass is 472 g/mol. The number of nitrogens with one attached hydrogen (secondary N) is 1. The van der Waals surface area contributed by atoms with E-state index in [4.69, 9.17) is 23.2 Å². The van der Waals surface area contributed by atoms with E-state index in [-0.39, 0.29) is 20.5 Å². The average Bonchev–Trinajstić information content (AvgIpc) is 3.02. The molecule has 0 unspecified atom stereocenters. The van der Waals surface area contributed by atoms with Crippen LogP contribution in [0.4, 0.5) is 0 Å². The van der Waals surface area contributed by atoms with Crippen molar-refractivity contribution in [2.75, 3.05) is 19.6 Å². The number of halogens is 2. The summed E-state index contributed by atoms with van der Waals surface area (Å²) in [6, 6.07) is 4.60. The molecule has 1 fully saturated rings. The molecule has 1 saturated heterocycles. The summed E-state index contributed by atoms with van der Waals surface area (Å²) in [4.78, 5) is 12.6. The van der Waals surface area contributed by atoms with Crippen LogP contribution in [0.25, 0.3) is 0 Å². The van der Waals surface area contributed by atoms with E-state index in [1.807, 2.05) is 24.6 Å². The van der Waals surface area contributed by atoms with Crippen LogP contribution in [-0.4, -0.2) is 48.0 Å². The highest BCUT2D eigenvalue weighted by atomic mass is 35.5. The molecule has 30 heavy (non-hydrogen) atoms. The maximum absolute atomic E-state index is 13.0. The molecule has 1 aliphatic rings. The van der Waals surface area contributed by atoms with Gasteiger partial charge in [0.1, 0.15) is 4.90 Å². The third-order valence-electron chi connectivity index (χ3n) is 5.13. The second kappa shape index (κ2) is 9.68. The number of piperidine rings is 1. The number of carbonyl (C=O) groups is 1.